The highest BCUT2D eigenvalue weighted by atomic mass is 16.1. The molecule has 4 aromatic rings. The van der Waals surface area contributed by atoms with Crippen molar-refractivity contribution in [2.75, 3.05) is 0 Å². The van der Waals surface area contributed by atoms with E-state index in [0.717, 1.165) is 40.1 Å². The lowest BCUT2D eigenvalue weighted by Crippen LogP contribution is -2.21. The highest BCUT2D eigenvalue weighted by Gasteiger charge is 2.21. The van der Waals surface area contributed by atoms with Gasteiger partial charge in [0.25, 0.3) is 0 Å². The van der Waals surface area contributed by atoms with Gasteiger partial charge in [-0.05, 0) is 60.9 Å². The average Bonchev–Trinajstić information content (AvgIpc) is 3.40. The Labute approximate surface area is 192 Å². The van der Waals surface area contributed by atoms with Crippen LogP contribution in [0.2, 0.25) is 0 Å². The summed E-state index contributed by atoms with van der Waals surface area (Å²) in [5.41, 5.74) is 6.69. The van der Waals surface area contributed by atoms with Gasteiger partial charge in [0.1, 0.15) is 0 Å². The summed E-state index contributed by atoms with van der Waals surface area (Å²) in [6.45, 7) is 3.76. The van der Waals surface area contributed by atoms with Crippen LogP contribution < -0.4 is 5.69 Å². The van der Waals surface area contributed by atoms with Crippen LogP contribution in [0.3, 0.4) is 0 Å². The molecule has 0 fully saturated rings. The monoisotopic (exact) mass is 433 g/mol. The minimum Gasteiger partial charge on any atom is -0.301 e. The number of aromatic nitrogens is 4. The van der Waals surface area contributed by atoms with Crippen molar-refractivity contribution < 1.29 is 0 Å². The van der Waals surface area contributed by atoms with E-state index in [4.69, 9.17) is 0 Å². The van der Waals surface area contributed by atoms with Gasteiger partial charge in [-0.25, -0.2) is 4.79 Å². The molecule has 162 valence electrons. The van der Waals surface area contributed by atoms with E-state index in [0.29, 0.717) is 11.4 Å². The van der Waals surface area contributed by atoms with Crippen molar-refractivity contribution in [3.05, 3.63) is 106 Å². The molecule has 0 radical (unpaired) electrons. The number of pyridine rings is 2. The summed E-state index contributed by atoms with van der Waals surface area (Å²) in [6, 6.07) is 17.9. The standard InChI is InChI=1S/C27H23N5O/c1-27(2,17-28)19-6-8-20(9-7-19)32-25(16-31(3)26(32)33)24-15-18(12-14-30-24)21-10-11-23-22(21)5-4-13-29-23/h4-10,12-16H,11H2,1-3H3. The second kappa shape index (κ2) is 7.72. The Morgan fingerprint density at radius 1 is 1.06 bits per heavy atom. The Bertz CT molecular complexity index is 1500. The van der Waals surface area contributed by atoms with Crippen molar-refractivity contribution in [3.63, 3.8) is 0 Å². The molecule has 1 aromatic carbocycles. The molecule has 0 bridgehead atoms. The van der Waals surface area contributed by atoms with Crippen LogP contribution in [0, 0.1) is 11.3 Å². The molecule has 0 atom stereocenters. The molecule has 0 aliphatic heterocycles. The van der Waals surface area contributed by atoms with Crippen molar-refractivity contribution in [3.8, 4) is 23.1 Å². The quantitative estimate of drug-likeness (QED) is 0.477. The summed E-state index contributed by atoms with van der Waals surface area (Å²) in [7, 11) is 1.74. The van der Waals surface area contributed by atoms with Gasteiger partial charge in [0.15, 0.2) is 0 Å². The number of nitriles is 1. The predicted octanol–water partition coefficient (Wildman–Crippen LogP) is 4.42. The number of imidazole rings is 1. The maximum atomic E-state index is 13.0. The molecule has 3 aromatic heterocycles. The van der Waals surface area contributed by atoms with Crippen LogP contribution in [0.1, 0.15) is 36.2 Å². The topological polar surface area (TPSA) is 76.5 Å². The number of aryl methyl sites for hydroxylation is 1. The van der Waals surface area contributed by atoms with E-state index in [1.165, 1.54) is 0 Å². The molecule has 0 unspecified atom stereocenters. The van der Waals surface area contributed by atoms with Crippen LogP contribution in [0.4, 0.5) is 0 Å². The third kappa shape index (κ3) is 3.48. The first-order valence-corrected chi connectivity index (χ1v) is 10.8. The fraction of sp³-hybridized carbons (Fsp3) is 0.185. The molecule has 3 heterocycles. The Balaban J connectivity index is 1.59. The van der Waals surface area contributed by atoms with Crippen molar-refractivity contribution in [1.82, 2.24) is 19.1 Å². The number of fused-ring (bicyclic) bond motifs is 1. The third-order valence-corrected chi connectivity index (χ3v) is 6.19. The zero-order chi connectivity index (χ0) is 23.2. The smallest absolute Gasteiger partial charge is 0.301 e. The van der Waals surface area contributed by atoms with E-state index in [1.807, 2.05) is 62.5 Å². The van der Waals surface area contributed by atoms with E-state index in [-0.39, 0.29) is 5.69 Å². The van der Waals surface area contributed by atoms with Gasteiger partial charge in [-0.2, -0.15) is 5.26 Å². The van der Waals surface area contributed by atoms with Gasteiger partial charge in [0.2, 0.25) is 0 Å². The molecule has 1 aliphatic rings. The second-order valence-electron chi connectivity index (χ2n) is 8.78. The molecule has 6 nitrogen and oxygen atoms in total. The molecule has 1 aliphatic carbocycles. The maximum Gasteiger partial charge on any atom is 0.333 e. The van der Waals surface area contributed by atoms with Gasteiger partial charge in [0, 0.05) is 37.6 Å². The Kier molecular flexibility index (Phi) is 4.83. The van der Waals surface area contributed by atoms with Crippen LogP contribution in [-0.4, -0.2) is 19.1 Å². The Morgan fingerprint density at radius 3 is 2.61 bits per heavy atom. The van der Waals surface area contributed by atoms with E-state index < -0.39 is 5.41 Å². The summed E-state index contributed by atoms with van der Waals surface area (Å²) in [5, 5.41) is 9.43. The lowest BCUT2D eigenvalue weighted by molar-refractivity contribution is 0.686. The van der Waals surface area contributed by atoms with E-state index in [2.05, 4.69) is 28.2 Å². The van der Waals surface area contributed by atoms with Gasteiger partial charge in [0.05, 0.1) is 34.3 Å². The van der Waals surface area contributed by atoms with Gasteiger partial charge in [-0.1, -0.05) is 24.3 Å². The van der Waals surface area contributed by atoms with Crippen molar-refractivity contribution in [2.45, 2.75) is 25.7 Å². The van der Waals surface area contributed by atoms with Gasteiger partial charge in [-0.15, -0.1) is 0 Å². The largest absolute Gasteiger partial charge is 0.333 e. The molecule has 5 rings (SSSR count). The number of benzene rings is 1. The normalized spacial score (nSPS) is 12.8. The first-order valence-electron chi connectivity index (χ1n) is 10.8. The fourth-order valence-electron chi connectivity index (χ4n) is 4.25. The molecule has 0 saturated carbocycles. The maximum absolute atomic E-state index is 13.0. The fourth-order valence-corrected chi connectivity index (χ4v) is 4.25. The van der Waals surface area contributed by atoms with E-state index >= 15 is 0 Å². The van der Waals surface area contributed by atoms with E-state index in [1.54, 1.807) is 28.6 Å². The molecular formula is C27H23N5O. The second-order valence-corrected chi connectivity index (χ2v) is 8.78. The van der Waals surface area contributed by atoms with E-state index in [9.17, 15) is 10.1 Å². The number of hydrogen-bond acceptors (Lipinski definition) is 4. The molecule has 0 spiro atoms. The predicted molar refractivity (Wildman–Crippen MR) is 128 cm³/mol. The SMILES string of the molecule is Cn1cc(-c2cc(C3=CCc4ncccc43)ccn2)n(-c2ccc(C(C)(C)C#N)cc2)c1=O. The summed E-state index contributed by atoms with van der Waals surface area (Å²) < 4.78 is 3.22. The minimum absolute atomic E-state index is 0.154. The highest BCUT2D eigenvalue weighted by molar-refractivity contribution is 5.85. The van der Waals surface area contributed by atoms with Crippen LogP contribution in [0.25, 0.3) is 22.6 Å². The van der Waals surface area contributed by atoms with Crippen molar-refractivity contribution >= 4 is 5.57 Å². The van der Waals surface area contributed by atoms with Crippen molar-refractivity contribution in [1.29, 1.82) is 5.26 Å². The van der Waals surface area contributed by atoms with Gasteiger partial charge < -0.3 is 4.57 Å². The number of allylic oxidation sites excluding steroid dienone is 1. The molecule has 33 heavy (non-hydrogen) atoms. The Morgan fingerprint density at radius 2 is 1.85 bits per heavy atom. The Hall–Kier alpha value is -4.24. The highest BCUT2D eigenvalue weighted by Crippen LogP contribution is 2.33. The van der Waals surface area contributed by atoms with Gasteiger partial charge in [-0.3, -0.25) is 14.5 Å². The summed E-state index contributed by atoms with van der Waals surface area (Å²) in [6.07, 6.45) is 8.40. The molecular weight excluding hydrogens is 410 g/mol. The molecule has 0 saturated heterocycles. The first-order chi connectivity index (χ1) is 15.9. The molecule has 0 amide bonds. The lowest BCUT2D eigenvalue weighted by Gasteiger charge is -2.16. The first kappa shape index (κ1) is 20.7. The summed E-state index contributed by atoms with van der Waals surface area (Å²) in [4.78, 5) is 22.1. The summed E-state index contributed by atoms with van der Waals surface area (Å²) in [5.74, 6) is 0. The molecule has 6 heteroatoms. The van der Waals surface area contributed by atoms with Crippen molar-refractivity contribution in [2.24, 2.45) is 7.05 Å². The number of rotatable bonds is 4. The minimum atomic E-state index is -0.598. The average molecular weight is 434 g/mol. The van der Waals surface area contributed by atoms with Gasteiger partial charge >= 0.3 is 5.69 Å². The zero-order valence-electron chi connectivity index (χ0n) is 18.8. The van der Waals surface area contributed by atoms with Crippen LogP contribution in [0.15, 0.2) is 78.0 Å². The number of nitrogens with zero attached hydrogens (tertiary/aromatic N) is 5. The zero-order valence-corrected chi connectivity index (χ0v) is 18.8. The number of hydrogen-bond donors (Lipinski definition) is 0. The molecule has 0 N–H and O–H groups in total. The van der Waals surface area contributed by atoms with Crippen LogP contribution in [-0.2, 0) is 18.9 Å². The summed E-state index contributed by atoms with van der Waals surface area (Å²) >= 11 is 0. The van der Waals surface area contributed by atoms with Crippen LogP contribution in [0.5, 0.6) is 0 Å². The third-order valence-electron chi connectivity index (χ3n) is 6.19. The lowest BCUT2D eigenvalue weighted by atomic mass is 9.86. The van der Waals surface area contributed by atoms with Crippen LogP contribution >= 0.6 is 0 Å².